The minimum absolute atomic E-state index is 0.00152. The van der Waals surface area contributed by atoms with Crippen LogP contribution < -0.4 is 0 Å². The van der Waals surface area contributed by atoms with Crippen LogP contribution in [-0.4, -0.2) is 15.0 Å². The Hall–Kier alpha value is -6.47. The van der Waals surface area contributed by atoms with Crippen LogP contribution in [0, 0.1) is 0 Å². The summed E-state index contributed by atoms with van der Waals surface area (Å²) in [5.41, 5.74) is 8.42. The first kappa shape index (κ1) is 30.9. The van der Waals surface area contributed by atoms with Crippen molar-refractivity contribution >= 4 is 91.0 Å². The van der Waals surface area contributed by atoms with Gasteiger partial charge in [-0.1, -0.05) is 127 Å². The Balaban J connectivity index is 1.10. The molecular formula is C49H29N3OS2. The van der Waals surface area contributed by atoms with E-state index in [0.29, 0.717) is 11.6 Å². The fourth-order valence-electron chi connectivity index (χ4n) is 8.59. The van der Waals surface area contributed by atoms with Crippen LogP contribution in [-0.2, 0) is 6.42 Å². The van der Waals surface area contributed by atoms with Gasteiger partial charge in [-0.05, 0) is 53.4 Å². The summed E-state index contributed by atoms with van der Waals surface area (Å²) < 4.78 is 11.9. The predicted molar refractivity (Wildman–Crippen MR) is 231 cm³/mol. The average Bonchev–Trinajstić information content (AvgIpc) is 3.95. The molecule has 4 nitrogen and oxygen atoms in total. The maximum atomic E-state index is 6.86. The van der Waals surface area contributed by atoms with E-state index in [1.165, 1.54) is 57.0 Å². The van der Waals surface area contributed by atoms with E-state index in [0.717, 1.165) is 50.9 Å². The number of para-hydroxylation sites is 1. The summed E-state index contributed by atoms with van der Waals surface area (Å²) in [6.07, 6.45) is 5.29. The summed E-state index contributed by atoms with van der Waals surface area (Å²) in [4.78, 5) is 16.0. The molecule has 1 unspecified atom stereocenters. The third-order valence-electron chi connectivity index (χ3n) is 11.1. The molecule has 6 heteroatoms. The molecule has 0 radical (unpaired) electrons. The number of hydrogen-bond donors (Lipinski definition) is 0. The number of allylic oxidation sites excluding steroid dienone is 1. The van der Waals surface area contributed by atoms with Gasteiger partial charge in [-0.3, -0.25) is 0 Å². The van der Waals surface area contributed by atoms with E-state index in [4.69, 9.17) is 19.4 Å². The molecule has 1 aliphatic carbocycles. The van der Waals surface area contributed by atoms with Crippen molar-refractivity contribution in [3.63, 3.8) is 0 Å². The van der Waals surface area contributed by atoms with Gasteiger partial charge in [0.05, 0.1) is 0 Å². The van der Waals surface area contributed by atoms with Gasteiger partial charge in [0.25, 0.3) is 0 Å². The van der Waals surface area contributed by atoms with Crippen molar-refractivity contribution in [2.24, 2.45) is 0 Å². The second-order valence-electron chi connectivity index (χ2n) is 14.2. The number of thiophene rings is 2. The van der Waals surface area contributed by atoms with Gasteiger partial charge >= 0.3 is 0 Å². The van der Waals surface area contributed by atoms with E-state index >= 15 is 0 Å². The van der Waals surface area contributed by atoms with Crippen LogP contribution in [0.15, 0.2) is 156 Å². The molecule has 55 heavy (non-hydrogen) atoms. The Morgan fingerprint density at radius 2 is 1.04 bits per heavy atom. The Labute approximate surface area is 323 Å². The van der Waals surface area contributed by atoms with Crippen molar-refractivity contribution in [2.75, 3.05) is 0 Å². The highest BCUT2D eigenvalue weighted by molar-refractivity contribution is 7.26. The first-order valence-electron chi connectivity index (χ1n) is 18.5. The van der Waals surface area contributed by atoms with Crippen LogP contribution in [0.3, 0.4) is 0 Å². The molecule has 0 saturated heterocycles. The predicted octanol–water partition coefficient (Wildman–Crippen LogP) is 13.9. The molecule has 1 atom stereocenters. The van der Waals surface area contributed by atoms with E-state index in [9.17, 15) is 0 Å². The largest absolute Gasteiger partial charge is 0.455 e. The number of furan rings is 1. The molecule has 12 rings (SSSR count). The van der Waals surface area contributed by atoms with E-state index in [1.54, 1.807) is 0 Å². The van der Waals surface area contributed by atoms with Gasteiger partial charge in [0.15, 0.2) is 11.6 Å². The maximum Gasteiger partial charge on any atom is 0.164 e. The van der Waals surface area contributed by atoms with Gasteiger partial charge < -0.3 is 4.42 Å². The summed E-state index contributed by atoms with van der Waals surface area (Å²) in [6, 6.07) is 51.7. The number of rotatable bonds is 4. The van der Waals surface area contributed by atoms with Crippen LogP contribution in [0.4, 0.5) is 0 Å². The molecule has 0 spiro atoms. The fraction of sp³-hybridized carbons (Fsp3) is 0.0408. The number of hydrogen-bond acceptors (Lipinski definition) is 6. The van der Waals surface area contributed by atoms with Gasteiger partial charge in [-0.25, -0.2) is 15.0 Å². The highest BCUT2D eigenvalue weighted by atomic mass is 32.1. The van der Waals surface area contributed by atoms with Crippen LogP contribution in [0.5, 0.6) is 0 Å². The molecule has 11 aromatic rings. The van der Waals surface area contributed by atoms with Gasteiger partial charge in [-0.15, -0.1) is 22.7 Å². The van der Waals surface area contributed by atoms with Crippen molar-refractivity contribution in [1.82, 2.24) is 15.0 Å². The van der Waals surface area contributed by atoms with Gasteiger partial charge in [0, 0.05) is 73.7 Å². The molecule has 258 valence electrons. The first-order valence-corrected chi connectivity index (χ1v) is 20.2. The van der Waals surface area contributed by atoms with Crippen LogP contribution in [0.2, 0.25) is 0 Å². The van der Waals surface area contributed by atoms with Crippen molar-refractivity contribution in [3.8, 4) is 33.9 Å². The second-order valence-corrected chi connectivity index (χ2v) is 16.4. The number of nitrogens with zero attached hydrogens (tertiary/aromatic N) is 3. The fourth-order valence-corrected chi connectivity index (χ4v) is 10.9. The normalized spacial score (nSPS) is 14.2. The lowest BCUT2D eigenvalue weighted by Crippen LogP contribution is -2.12. The zero-order valence-corrected chi connectivity index (χ0v) is 31.0. The molecule has 4 aromatic heterocycles. The third-order valence-corrected chi connectivity index (χ3v) is 13.4. The zero-order valence-electron chi connectivity index (χ0n) is 29.4. The molecule has 0 bridgehead atoms. The minimum atomic E-state index is 0.00152. The summed E-state index contributed by atoms with van der Waals surface area (Å²) in [6.45, 7) is 0. The number of fused-ring (bicyclic) bond motifs is 10. The number of benzene rings is 7. The van der Waals surface area contributed by atoms with Crippen LogP contribution in [0.1, 0.15) is 22.9 Å². The van der Waals surface area contributed by atoms with Gasteiger partial charge in [-0.2, -0.15) is 0 Å². The molecule has 1 aliphatic rings. The van der Waals surface area contributed by atoms with E-state index in [1.807, 2.05) is 22.7 Å². The lowest BCUT2D eigenvalue weighted by molar-refractivity contribution is 0.670. The van der Waals surface area contributed by atoms with Gasteiger partial charge in [0.1, 0.15) is 17.0 Å². The monoisotopic (exact) mass is 739 g/mol. The van der Waals surface area contributed by atoms with Crippen molar-refractivity contribution in [2.45, 2.75) is 12.3 Å². The molecule has 0 aliphatic heterocycles. The lowest BCUT2D eigenvalue weighted by Gasteiger charge is -2.19. The average molecular weight is 740 g/mol. The van der Waals surface area contributed by atoms with Crippen molar-refractivity contribution in [3.05, 3.63) is 169 Å². The molecule has 0 fully saturated rings. The van der Waals surface area contributed by atoms with Crippen LogP contribution >= 0.6 is 22.7 Å². The highest BCUT2D eigenvalue weighted by Gasteiger charge is 2.25. The zero-order chi connectivity index (χ0) is 36.0. The molecule has 7 aromatic carbocycles. The minimum Gasteiger partial charge on any atom is -0.455 e. The molecule has 0 amide bonds. The Bertz CT molecular complexity index is 3390. The lowest BCUT2D eigenvalue weighted by atomic mass is 9.89. The molecule has 4 heterocycles. The Kier molecular flexibility index (Phi) is 6.76. The Morgan fingerprint density at radius 3 is 1.80 bits per heavy atom. The number of aromatic nitrogens is 3. The summed E-state index contributed by atoms with van der Waals surface area (Å²) in [7, 11) is 0. The Morgan fingerprint density at radius 1 is 0.473 bits per heavy atom. The first-order chi connectivity index (χ1) is 27.2. The third kappa shape index (κ3) is 4.78. The second kappa shape index (κ2) is 12.0. The smallest absolute Gasteiger partial charge is 0.164 e. The molecule has 0 saturated carbocycles. The summed E-state index contributed by atoms with van der Waals surface area (Å²) in [5.74, 6) is 2.10. The van der Waals surface area contributed by atoms with Crippen LogP contribution in [0.25, 0.3) is 102 Å². The highest BCUT2D eigenvalue weighted by Crippen LogP contribution is 2.45. The molecular weight excluding hydrogens is 711 g/mol. The van der Waals surface area contributed by atoms with Gasteiger partial charge in [0.2, 0.25) is 0 Å². The standard InChI is InChI=1S/C49H29N3OS2/c1-2-12-29-27-30(26-25-28(29)11-1)47-50-48(52-49(51-47)37-19-10-24-42-45(37)34-14-4-6-22-40(34)55-42)36-18-8-20-38-43(36)35-17-7-16-32(46(35)53-38)31-15-9-23-41-44(31)33-13-3-5-21-39(33)54-41/h1-26,30H,27H2. The van der Waals surface area contributed by atoms with E-state index < -0.39 is 0 Å². The summed E-state index contributed by atoms with van der Waals surface area (Å²) >= 11 is 3.64. The maximum absolute atomic E-state index is 6.86. The quantitative estimate of drug-likeness (QED) is 0.180. The SMILES string of the molecule is C1=CC(c2nc(-c3cccc4oc5c(-c6cccc7sc8ccccc8c67)cccc5c34)nc(-c3cccc4sc5ccccc5c34)n2)Cc2ccccc21. The van der Waals surface area contributed by atoms with E-state index in [-0.39, 0.29) is 5.92 Å². The summed E-state index contributed by atoms with van der Waals surface area (Å²) in [5, 5.41) is 6.98. The van der Waals surface area contributed by atoms with Crippen molar-refractivity contribution in [1.29, 1.82) is 0 Å². The molecule has 0 N–H and O–H groups in total. The van der Waals surface area contributed by atoms with Crippen molar-refractivity contribution < 1.29 is 4.42 Å². The topological polar surface area (TPSA) is 51.8 Å². The van der Waals surface area contributed by atoms with E-state index in [2.05, 4.69) is 158 Å².